The van der Waals surface area contributed by atoms with Gasteiger partial charge >= 0.3 is 0 Å². The second-order valence-electron chi connectivity index (χ2n) is 3.85. The van der Waals surface area contributed by atoms with Gasteiger partial charge in [0.25, 0.3) is 0 Å². The third-order valence-corrected chi connectivity index (χ3v) is 5.26. The molecule has 0 radical (unpaired) electrons. The second kappa shape index (κ2) is 7.08. The molecule has 98 valence electrons. The van der Waals surface area contributed by atoms with Gasteiger partial charge in [0.05, 0.1) is 0 Å². The molecule has 0 aliphatic carbocycles. The van der Waals surface area contributed by atoms with Crippen LogP contribution in [0.2, 0.25) is 0 Å². The highest BCUT2D eigenvalue weighted by Gasteiger charge is 2.05. The number of rotatable bonds is 7. The number of hydrogen-bond acceptors (Lipinski definition) is 7. The molecule has 0 unspecified atom stereocenters. The predicted molar refractivity (Wildman–Crippen MR) is 81.0 cm³/mol. The molecule has 2 aromatic heterocycles. The van der Waals surface area contributed by atoms with Crippen LogP contribution in [0.25, 0.3) is 0 Å². The third kappa shape index (κ3) is 4.24. The number of aromatic nitrogens is 2. The van der Waals surface area contributed by atoms with Gasteiger partial charge in [0.1, 0.15) is 0 Å². The van der Waals surface area contributed by atoms with E-state index in [-0.39, 0.29) is 0 Å². The summed E-state index contributed by atoms with van der Waals surface area (Å²) < 4.78 is 1.04. The molecule has 0 aliphatic rings. The van der Waals surface area contributed by atoms with Crippen molar-refractivity contribution in [2.45, 2.75) is 10.9 Å². The smallest absolute Gasteiger partial charge is 0.208 e. The fourth-order valence-electron chi connectivity index (χ4n) is 1.28. The van der Waals surface area contributed by atoms with Crippen molar-refractivity contribution < 1.29 is 0 Å². The molecular weight excluding hydrogens is 284 g/mol. The Morgan fingerprint density at radius 1 is 1.39 bits per heavy atom. The van der Waals surface area contributed by atoms with E-state index in [2.05, 4.69) is 33.0 Å². The SMILES string of the molecule is CN(C)c1nnc(SCCNCc2cccs2)s1. The topological polar surface area (TPSA) is 41.1 Å². The van der Waals surface area contributed by atoms with Crippen LogP contribution in [-0.2, 0) is 6.54 Å². The van der Waals surface area contributed by atoms with Crippen molar-refractivity contribution in [1.82, 2.24) is 15.5 Å². The lowest BCUT2D eigenvalue weighted by molar-refractivity contribution is 0.741. The molecule has 0 aromatic carbocycles. The van der Waals surface area contributed by atoms with Crippen LogP contribution in [0.4, 0.5) is 5.13 Å². The van der Waals surface area contributed by atoms with Gasteiger partial charge in [0, 0.05) is 37.8 Å². The van der Waals surface area contributed by atoms with E-state index < -0.39 is 0 Å². The highest BCUT2D eigenvalue weighted by molar-refractivity contribution is 8.01. The number of thioether (sulfide) groups is 1. The van der Waals surface area contributed by atoms with Gasteiger partial charge in [0.2, 0.25) is 5.13 Å². The Labute approximate surface area is 119 Å². The number of hydrogen-bond donors (Lipinski definition) is 1. The molecule has 0 saturated carbocycles. The van der Waals surface area contributed by atoms with Crippen molar-refractivity contribution in [3.8, 4) is 0 Å². The van der Waals surface area contributed by atoms with Crippen LogP contribution >= 0.6 is 34.4 Å². The second-order valence-corrected chi connectivity index (χ2v) is 7.18. The van der Waals surface area contributed by atoms with Crippen LogP contribution in [0, 0.1) is 0 Å². The summed E-state index contributed by atoms with van der Waals surface area (Å²) in [5.74, 6) is 1.02. The van der Waals surface area contributed by atoms with Crippen LogP contribution in [0.3, 0.4) is 0 Å². The van der Waals surface area contributed by atoms with E-state index in [4.69, 9.17) is 0 Å². The quantitative estimate of drug-likeness (QED) is 0.628. The zero-order valence-corrected chi connectivity index (χ0v) is 12.9. The molecule has 18 heavy (non-hydrogen) atoms. The average molecular weight is 300 g/mol. The van der Waals surface area contributed by atoms with Gasteiger partial charge in [0.15, 0.2) is 4.34 Å². The van der Waals surface area contributed by atoms with Crippen molar-refractivity contribution >= 4 is 39.6 Å². The van der Waals surface area contributed by atoms with Crippen molar-refractivity contribution in [1.29, 1.82) is 0 Å². The Kier molecular flexibility index (Phi) is 5.43. The molecule has 4 nitrogen and oxygen atoms in total. The molecule has 2 heterocycles. The van der Waals surface area contributed by atoms with Crippen LogP contribution < -0.4 is 10.2 Å². The fraction of sp³-hybridized carbons (Fsp3) is 0.455. The van der Waals surface area contributed by atoms with E-state index in [0.717, 1.165) is 28.3 Å². The van der Waals surface area contributed by atoms with Gasteiger partial charge in [-0.2, -0.15) is 0 Å². The summed E-state index contributed by atoms with van der Waals surface area (Å²) in [6.07, 6.45) is 0. The molecule has 0 aliphatic heterocycles. The molecule has 0 amide bonds. The summed E-state index contributed by atoms with van der Waals surface area (Å²) in [4.78, 5) is 3.36. The lowest BCUT2D eigenvalue weighted by atomic mass is 10.4. The van der Waals surface area contributed by atoms with Crippen molar-refractivity contribution in [2.24, 2.45) is 0 Å². The molecule has 0 bridgehead atoms. The third-order valence-electron chi connectivity index (χ3n) is 2.16. The Balaban J connectivity index is 1.62. The average Bonchev–Trinajstić information content (AvgIpc) is 2.98. The molecular formula is C11H16N4S3. The van der Waals surface area contributed by atoms with E-state index in [9.17, 15) is 0 Å². The van der Waals surface area contributed by atoms with Crippen molar-refractivity contribution in [3.05, 3.63) is 22.4 Å². The van der Waals surface area contributed by atoms with Crippen molar-refractivity contribution in [3.63, 3.8) is 0 Å². The Hall–Kier alpha value is -0.630. The van der Waals surface area contributed by atoms with Crippen LogP contribution in [0.15, 0.2) is 21.9 Å². The van der Waals surface area contributed by atoms with Gasteiger partial charge in [-0.05, 0) is 11.4 Å². The van der Waals surface area contributed by atoms with Gasteiger partial charge in [-0.1, -0.05) is 29.2 Å². The Morgan fingerprint density at radius 3 is 2.94 bits per heavy atom. The zero-order valence-electron chi connectivity index (χ0n) is 10.4. The molecule has 7 heteroatoms. The molecule has 1 N–H and O–H groups in total. The highest BCUT2D eigenvalue weighted by Crippen LogP contribution is 2.26. The Bertz CT molecular complexity index is 453. The summed E-state index contributed by atoms with van der Waals surface area (Å²) in [7, 11) is 3.97. The standard InChI is InChI=1S/C11H16N4S3/c1-15(2)10-13-14-11(18-10)17-7-5-12-8-9-4-3-6-16-9/h3-4,6,12H,5,7-8H2,1-2H3. The molecule has 0 saturated heterocycles. The summed E-state index contributed by atoms with van der Waals surface area (Å²) in [6.45, 7) is 1.94. The van der Waals surface area contributed by atoms with Gasteiger partial charge in [-0.15, -0.1) is 21.5 Å². The normalized spacial score (nSPS) is 10.8. The van der Waals surface area contributed by atoms with Crippen LogP contribution in [-0.4, -0.2) is 36.6 Å². The van der Waals surface area contributed by atoms with Crippen LogP contribution in [0.1, 0.15) is 4.88 Å². The van der Waals surface area contributed by atoms with E-state index >= 15 is 0 Å². The largest absolute Gasteiger partial charge is 0.353 e. The summed E-state index contributed by atoms with van der Waals surface area (Å²) in [5.41, 5.74) is 0. The first-order chi connectivity index (χ1) is 8.75. The maximum absolute atomic E-state index is 4.15. The summed E-state index contributed by atoms with van der Waals surface area (Å²) >= 11 is 5.18. The molecule has 0 atom stereocenters. The van der Waals surface area contributed by atoms with E-state index in [1.165, 1.54) is 4.88 Å². The highest BCUT2D eigenvalue weighted by atomic mass is 32.2. The van der Waals surface area contributed by atoms with E-state index in [1.807, 2.05) is 19.0 Å². The number of thiophene rings is 1. The lowest BCUT2D eigenvalue weighted by Gasteiger charge is -2.03. The minimum absolute atomic E-state index is 0.956. The summed E-state index contributed by atoms with van der Waals surface area (Å²) in [5, 5.41) is 14.8. The zero-order chi connectivity index (χ0) is 12.8. The number of nitrogens with zero attached hydrogens (tertiary/aromatic N) is 3. The first kappa shape index (κ1) is 13.8. The first-order valence-electron chi connectivity index (χ1n) is 5.62. The number of anilines is 1. The molecule has 2 rings (SSSR count). The molecule has 0 fully saturated rings. The van der Waals surface area contributed by atoms with Crippen molar-refractivity contribution in [2.75, 3.05) is 31.3 Å². The predicted octanol–water partition coefficient (Wildman–Crippen LogP) is 2.55. The van der Waals surface area contributed by atoms with Gasteiger partial charge in [-0.3, -0.25) is 0 Å². The minimum Gasteiger partial charge on any atom is -0.353 e. The maximum Gasteiger partial charge on any atom is 0.208 e. The monoisotopic (exact) mass is 300 g/mol. The van der Waals surface area contributed by atoms with E-state index in [0.29, 0.717) is 0 Å². The summed E-state index contributed by atoms with van der Waals surface area (Å²) in [6, 6.07) is 4.24. The van der Waals surface area contributed by atoms with Crippen LogP contribution in [0.5, 0.6) is 0 Å². The fourth-order valence-corrected chi connectivity index (χ4v) is 3.68. The molecule has 0 spiro atoms. The Morgan fingerprint density at radius 2 is 2.28 bits per heavy atom. The minimum atomic E-state index is 0.956. The number of nitrogens with one attached hydrogen (secondary N) is 1. The van der Waals surface area contributed by atoms with E-state index in [1.54, 1.807) is 34.4 Å². The first-order valence-corrected chi connectivity index (χ1v) is 8.30. The maximum atomic E-state index is 4.15. The molecule has 2 aromatic rings. The lowest BCUT2D eigenvalue weighted by Crippen LogP contribution is -2.15. The van der Waals surface area contributed by atoms with Gasteiger partial charge in [-0.25, -0.2) is 0 Å². The van der Waals surface area contributed by atoms with Gasteiger partial charge < -0.3 is 10.2 Å².